The van der Waals surface area contributed by atoms with Crippen LogP contribution in [0.15, 0.2) is 59.3 Å². The largest absolute Gasteiger partial charge is 0.466 e. The van der Waals surface area contributed by atoms with Crippen LogP contribution in [0, 0.1) is 32.1 Å². The summed E-state index contributed by atoms with van der Waals surface area (Å²) in [5.74, 6) is -2.64. The molecular formula is C34H38N4O10S. The molecule has 15 heteroatoms. The summed E-state index contributed by atoms with van der Waals surface area (Å²) >= 11 is 0.791. The van der Waals surface area contributed by atoms with Crippen molar-refractivity contribution < 1.29 is 38.5 Å². The van der Waals surface area contributed by atoms with Crippen LogP contribution in [0.3, 0.4) is 0 Å². The topological polar surface area (TPSA) is 180 Å². The second-order valence-electron chi connectivity index (χ2n) is 11.6. The number of nitrogens with zero attached hydrogens (tertiary/aromatic N) is 4. The van der Waals surface area contributed by atoms with Crippen molar-refractivity contribution in [1.82, 2.24) is 9.80 Å². The predicted molar refractivity (Wildman–Crippen MR) is 180 cm³/mol. The minimum absolute atomic E-state index is 0.00459. The van der Waals surface area contributed by atoms with Gasteiger partial charge in [-0.1, -0.05) is 37.1 Å². The van der Waals surface area contributed by atoms with Crippen LogP contribution in [-0.2, 0) is 28.7 Å². The highest BCUT2D eigenvalue weighted by Crippen LogP contribution is 2.41. The van der Waals surface area contributed by atoms with Gasteiger partial charge in [0.15, 0.2) is 0 Å². The maximum atomic E-state index is 13.3. The first kappa shape index (κ1) is 36.8. The van der Waals surface area contributed by atoms with Crippen LogP contribution >= 0.6 is 11.8 Å². The number of benzene rings is 2. The molecule has 0 N–H and O–H groups in total. The first-order valence-electron chi connectivity index (χ1n) is 15.9. The summed E-state index contributed by atoms with van der Waals surface area (Å²) in [6.07, 6.45) is 2.34. The molecule has 0 aromatic heterocycles. The molecule has 260 valence electrons. The lowest BCUT2D eigenvalue weighted by Crippen LogP contribution is -2.43. The van der Waals surface area contributed by atoms with Gasteiger partial charge in [-0.25, -0.2) is 0 Å². The lowest BCUT2D eigenvalue weighted by atomic mass is 9.96. The van der Waals surface area contributed by atoms with Crippen molar-refractivity contribution >= 4 is 58.0 Å². The molecule has 14 nitrogen and oxygen atoms in total. The highest BCUT2D eigenvalue weighted by atomic mass is 32.2. The molecule has 2 fully saturated rings. The first-order chi connectivity index (χ1) is 23.4. The number of esters is 2. The van der Waals surface area contributed by atoms with Crippen LogP contribution in [-0.4, -0.2) is 82.8 Å². The minimum atomic E-state index is -0.649. The maximum Gasteiger partial charge on any atom is 0.310 e. The average molecular weight is 695 g/mol. The molecule has 2 atom stereocenters. The Labute approximate surface area is 287 Å². The van der Waals surface area contributed by atoms with Gasteiger partial charge in [-0.2, -0.15) is 0 Å². The van der Waals surface area contributed by atoms with Crippen molar-refractivity contribution in [3.8, 4) is 0 Å². The Kier molecular flexibility index (Phi) is 12.3. The summed E-state index contributed by atoms with van der Waals surface area (Å²) in [4.78, 5) is 77.1. The van der Waals surface area contributed by atoms with Crippen molar-refractivity contribution in [1.29, 1.82) is 0 Å². The second kappa shape index (κ2) is 16.4. The molecular weight excluding hydrogens is 656 g/mol. The fourth-order valence-corrected chi connectivity index (χ4v) is 6.83. The van der Waals surface area contributed by atoms with E-state index in [-0.39, 0.29) is 70.3 Å². The molecule has 4 rings (SSSR count). The van der Waals surface area contributed by atoms with Gasteiger partial charge in [0.2, 0.25) is 0 Å². The molecule has 0 radical (unpaired) electrons. The van der Waals surface area contributed by atoms with Gasteiger partial charge in [0, 0.05) is 49.5 Å². The third kappa shape index (κ3) is 8.71. The number of nitro benzene ring substituents is 2. The monoisotopic (exact) mass is 694 g/mol. The Morgan fingerprint density at radius 2 is 1.14 bits per heavy atom. The molecule has 2 saturated heterocycles. The van der Waals surface area contributed by atoms with Gasteiger partial charge in [0.05, 0.1) is 44.7 Å². The van der Waals surface area contributed by atoms with Gasteiger partial charge < -0.3 is 19.3 Å². The zero-order valence-corrected chi connectivity index (χ0v) is 28.2. The molecule has 2 aliphatic heterocycles. The SMILES string of the molecule is C=C(C(=O)N1CCCC(C(=O)OCC)C1)c1ccc(Sc2ccc(C(=C)C(=O)N3CCCC(C(=O)OCC)C3)cc2[N+](=O)[O-])c([N+](=O)[O-])c1. The van der Waals surface area contributed by atoms with Gasteiger partial charge in [0.1, 0.15) is 0 Å². The third-order valence-corrected chi connectivity index (χ3v) is 9.53. The molecule has 2 amide bonds. The van der Waals surface area contributed by atoms with Crippen LogP contribution in [0.1, 0.15) is 50.7 Å². The second-order valence-corrected chi connectivity index (χ2v) is 12.7. The first-order valence-corrected chi connectivity index (χ1v) is 16.7. The van der Waals surface area contributed by atoms with E-state index in [9.17, 15) is 39.4 Å². The fourth-order valence-electron chi connectivity index (χ4n) is 5.84. The zero-order chi connectivity index (χ0) is 35.8. The molecule has 0 bridgehead atoms. The quantitative estimate of drug-likeness (QED) is 0.122. The predicted octanol–water partition coefficient (Wildman–Crippen LogP) is 5.28. The number of ether oxygens (including phenoxy) is 2. The van der Waals surface area contributed by atoms with Gasteiger partial charge in [-0.05, 0) is 62.8 Å². The Morgan fingerprint density at radius 1 is 0.755 bits per heavy atom. The Bertz CT molecular complexity index is 1570. The maximum absolute atomic E-state index is 13.3. The number of piperidine rings is 2. The molecule has 2 aromatic rings. The van der Waals surface area contributed by atoms with Crippen molar-refractivity contribution in [3.63, 3.8) is 0 Å². The van der Waals surface area contributed by atoms with Gasteiger partial charge in [-0.3, -0.25) is 39.4 Å². The number of likely N-dealkylation sites (tertiary alicyclic amines) is 2. The lowest BCUT2D eigenvalue weighted by Gasteiger charge is -2.32. The summed E-state index contributed by atoms with van der Waals surface area (Å²) < 4.78 is 10.2. The van der Waals surface area contributed by atoms with E-state index in [1.807, 2.05) is 0 Å². The number of carbonyl (C=O) groups is 4. The third-order valence-electron chi connectivity index (χ3n) is 8.40. The summed E-state index contributed by atoms with van der Waals surface area (Å²) in [5, 5.41) is 24.3. The summed E-state index contributed by atoms with van der Waals surface area (Å²) in [6.45, 7) is 12.7. The van der Waals surface area contributed by atoms with Crippen molar-refractivity contribution in [2.45, 2.75) is 49.3 Å². The van der Waals surface area contributed by atoms with Crippen LogP contribution in [0.25, 0.3) is 11.1 Å². The number of nitro groups is 2. The molecule has 2 heterocycles. The molecule has 0 saturated carbocycles. The standard InChI is InChI=1S/C34H38N4O10S/c1-5-47-33(41)25-9-7-15-35(19-25)31(39)21(3)23-11-13-29(27(17-23)37(43)44)49-30-14-12-24(18-28(30)38(45)46)22(4)32(40)36-16-8-10-26(20-36)34(42)48-6-2/h11-14,17-18,25-26H,3-10,15-16,19-20H2,1-2H3. The van der Waals surface area contributed by atoms with Crippen molar-refractivity contribution in [3.05, 3.63) is 80.9 Å². The molecule has 2 aromatic carbocycles. The number of amides is 2. The van der Waals surface area contributed by atoms with E-state index >= 15 is 0 Å². The highest BCUT2D eigenvalue weighted by molar-refractivity contribution is 7.99. The summed E-state index contributed by atoms with van der Waals surface area (Å²) in [7, 11) is 0. The van der Waals surface area contributed by atoms with Gasteiger partial charge >= 0.3 is 11.9 Å². The van der Waals surface area contributed by atoms with Crippen molar-refractivity contribution in [2.75, 3.05) is 39.4 Å². The minimum Gasteiger partial charge on any atom is -0.466 e. The molecule has 0 aliphatic carbocycles. The van der Waals surface area contributed by atoms with Gasteiger partial charge in [0.25, 0.3) is 23.2 Å². The van der Waals surface area contributed by atoms with Crippen LogP contribution in [0.4, 0.5) is 11.4 Å². The van der Waals surface area contributed by atoms with E-state index < -0.39 is 44.9 Å². The van der Waals surface area contributed by atoms with Crippen LogP contribution in [0.5, 0.6) is 0 Å². The van der Waals surface area contributed by atoms with Crippen LogP contribution < -0.4 is 0 Å². The normalized spacial score (nSPS) is 17.5. The average Bonchev–Trinajstić information content (AvgIpc) is 3.10. The number of hydrogen-bond acceptors (Lipinski definition) is 11. The molecule has 0 spiro atoms. The lowest BCUT2D eigenvalue weighted by molar-refractivity contribution is -0.388. The highest BCUT2D eigenvalue weighted by Gasteiger charge is 2.33. The number of rotatable bonds is 12. The smallest absolute Gasteiger partial charge is 0.310 e. The molecule has 2 aliphatic rings. The zero-order valence-electron chi connectivity index (χ0n) is 27.4. The van der Waals surface area contributed by atoms with E-state index in [1.54, 1.807) is 13.8 Å². The van der Waals surface area contributed by atoms with E-state index in [2.05, 4.69) is 13.2 Å². The number of carbonyl (C=O) groups excluding carboxylic acids is 4. The Balaban J connectivity index is 1.52. The summed E-state index contributed by atoms with van der Waals surface area (Å²) in [5.41, 5.74) is -0.379. The molecule has 49 heavy (non-hydrogen) atoms. The van der Waals surface area contributed by atoms with E-state index in [1.165, 1.54) is 46.2 Å². The Hall–Kier alpha value is -5.05. The Morgan fingerprint density at radius 3 is 1.49 bits per heavy atom. The molecule has 2 unspecified atom stereocenters. The van der Waals surface area contributed by atoms with E-state index in [4.69, 9.17) is 9.47 Å². The summed E-state index contributed by atoms with van der Waals surface area (Å²) in [6, 6.07) is 8.13. The van der Waals surface area contributed by atoms with Crippen molar-refractivity contribution in [2.24, 2.45) is 11.8 Å². The number of hydrogen-bond donors (Lipinski definition) is 0. The van der Waals surface area contributed by atoms with Gasteiger partial charge in [-0.15, -0.1) is 0 Å². The van der Waals surface area contributed by atoms with E-state index in [0.29, 0.717) is 38.8 Å². The fraction of sp³-hybridized carbons (Fsp3) is 0.412. The van der Waals surface area contributed by atoms with Crippen LogP contribution in [0.2, 0.25) is 0 Å². The van der Waals surface area contributed by atoms with E-state index in [0.717, 1.165) is 11.8 Å².